The topological polar surface area (TPSA) is 77.4 Å². The molecule has 0 saturated carbocycles. The van der Waals surface area contributed by atoms with Crippen molar-refractivity contribution in [2.75, 3.05) is 6.61 Å². The summed E-state index contributed by atoms with van der Waals surface area (Å²) in [5.74, 6) is -1.35. The minimum atomic E-state index is -0.886. The summed E-state index contributed by atoms with van der Waals surface area (Å²) in [6, 6.07) is 7.23. The smallest absolute Gasteiger partial charge is 0.328 e. The Morgan fingerprint density at radius 2 is 1.82 bits per heavy atom. The van der Waals surface area contributed by atoms with Gasteiger partial charge in [0.05, 0.1) is 0 Å². The number of nitrogens with one attached hydrogen (secondary N) is 1. The first-order chi connectivity index (χ1) is 13.2. The fourth-order valence-corrected chi connectivity index (χ4v) is 3.06. The Morgan fingerprint density at radius 1 is 1.18 bits per heavy atom. The SMILES string of the molecule is CCCn1c(C)cc(C(=O)COC(=O)[C@H](C)NC(=O)c2ccc(Cl)cc2)c1C. The van der Waals surface area contributed by atoms with E-state index in [4.69, 9.17) is 16.3 Å². The van der Waals surface area contributed by atoms with Crippen molar-refractivity contribution in [3.05, 3.63) is 57.9 Å². The summed E-state index contributed by atoms with van der Waals surface area (Å²) in [7, 11) is 0. The van der Waals surface area contributed by atoms with Crippen LogP contribution in [0.1, 0.15) is 52.4 Å². The van der Waals surface area contributed by atoms with Crippen LogP contribution < -0.4 is 5.32 Å². The van der Waals surface area contributed by atoms with E-state index in [2.05, 4.69) is 16.8 Å². The Kier molecular flexibility index (Phi) is 7.40. The monoisotopic (exact) mass is 404 g/mol. The molecule has 0 aliphatic rings. The van der Waals surface area contributed by atoms with Crippen LogP contribution in [0.2, 0.25) is 5.02 Å². The van der Waals surface area contributed by atoms with Gasteiger partial charge in [0.15, 0.2) is 6.61 Å². The zero-order valence-corrected chi connectivity index (χ0v) is 17.3. The third kappa shape index (κ3) is 5.23. The molecule has 1 N–H and O–H groups in total. The molecule has 6 nitrogen and oxygen atoms in total. The fraction of sp³-hybridized carbons (Fsp3) is 0.381. The van der Waals surface area contributed by atoms with Gasteiger partial charge in [-0.3, -0.25) is 9.59 Å². The number of halogens is 1. The summed E-state index contributed by atoms with van der Waals surface area (Å²) in [5.41, 5.74) is 2.79. The first kappa shape index (κ1) is 21.7. The Bertz CT molecular complexity index is 871. The molecule has 0 bridgehead atoms. The summed E-state index contributed by atoms with van der Waals surface area (Å²) >= 11 is 5.79. The number of hydrogen-bond donors (Lipinski definition) is 1. The molecular weight excluding hydrogens is 380 g/mol. The molecule has 7 heteroatoms. The molecular formula is C21H25ClN2O4. The predicted octanol–water partition coefficient (Wildman–Crippen LogP) is 3.71. The van der Waals surface area contributed by atoms with Crippen LogP contribution in [0.3, 0.4) is 0 Å². The molecule has 150 valence electrons. The van der Waals surface area contributed by atoms with Gasteiger partial charge in [-0.05, 0) is 57.5 Å². The third-order valence-electron chi connectivity index (χ3n) is 4.47. The molecule has 1 atom stereocenters. The zero-order valence-electron chi connectivity index (χ0n) is 16.5. The van der Waals surface area contributed by atoms with Crippen molar-refractivity contribution in [2.24, 2.45) is 0 Å². The number of carbonyl (C=O) groups excluding carboxylic acids is 3. The molecule has 1 heterocycles. The van der Waals surface area contributed by atoms with Crippen molar-refractivity contribution in [2.45, 2.75) is 46.7 Å². The lowest BCUT2D eigenvalue weighted by molar-refractivity contribution is -0.144. The van der Waals surface area contributed by atoms with Gasteiger partial charge in [0.1, 0.15) is 6.04 Å². The van der Waals surface area contributed by atoms with E-state index in [0.717, 1.165) is 24.4 Å². The van der Waals surface area contributed by atoms with E-state index in [1.54, 1.807) is 24.3 Å². The molecule has 0 saturated heterocycles. The van der Waals surface area contributed by atoms with E-state index in [1.807, 2.05) is 19.9 Å². The second-order valence-electron chi connectivity index (χ2n) is 6.67. The van der Waals surface area contributed by atoms with Crippen molar-refractivity contribution in [3.8, 4) is 0 Å². The highest BCUT2D eigenvalue weighted by Crippen LogP contribution is 2.16. The number of rotatable bonds is 8. The number of esters is 1. The number of carbonyl (C=O) groups is 3. The lowest BCUT2D eigenvalue weighted by atomic mass is 10.1. The summed E-state index contributed by atoms with van der Waals surface area (Å²) in [6.07, 6.45) is 0.962. The minimum absolute atomic E-state index is 0.264. The zero-order chi connectivity index (χ0) is 20.8. The van der Waals surface area contributed by atoms with Crippen LogP contribution in [-0.2, 0) is 16.1 Å². The average molecular weight is 405 g/mol. The van der Waals surface area contributed by atoms with Gasteiger partial charge >= 0.3 is 5.97 Å². The quantitative estimate of drug-likeness (QED) is 0.537. The predicted molar refractivity (Wildman–Crippen MR) is 108 cm³/mol. The van der Waals surface area contributed by atoms with Gasteiger partial charge in [-0.25, -0.2) is 4.79 Å². The Hall–Kier alpha value is -2.60. The fourth-order valence-electron chi connectivity index (χ4n) is 2.93. The van der Waals surface area contributed by atoms with Crippen molar-refractivity contribution < 1.29 is 19.1 Å². The van der Waals surface area contributed by atoms with Gasteiger partial charge < -0.3 is 14.6 Å². The van der Waals surface area contributed by atoms with E-state index in [1.165, 1.54) is 6.92 Å². The van der Waals surface area contributed by atoms with Crippen molar-refractivity contribution >= 4 is 29.3 Å². The summed E-state index contributed by atoms with van der Waals surface area (Å²) in [4.78, 5) is 36.7. The highest BCUT2D eigenvalue weighted by Gasteiger charge is 2.21. The maximum absolute atomic E-state index is 12.4. The standard InChI is InChI=1S/C21H25ClN2O4/c1-5-10-24-13(2)11-18(15(24)4)19(25)12-28-21(27)14(3)23-20(26)16-6-8-17(22)9-7-16/h6-9,11,14H,5,10,12H2,1-4H3,(H,23,26)/t14-/m0/s1. The van der Waals surface area contributed by atoms with Crippen LogP contribution in [0.5, 0.6) is 0 Å². The van der Waals surface area contributed by atoms with E-state index in [9.17, 15) is 14.4 Å². The molecule has 1 aromatic carbocycles. The van der Waals surface area contributed by atoms with Crippen molar-refractivity contribution in [1.82, 2.24) is 9.88 Å². The van der Waals surface area contributed by atoms with E-state index in [0.29, 0.717) is 16.1 Å². The average Bonchev–Trinajstić information content (AvgIpc) is 2.94. The van der Waals surface area contributed by atoms with Crippen LogP contribution >= 0.6 is 11.6 Å². The lowest BCUT2D eigenvalue weighted by Gasteiger charge is -2.13. The first-order valence-electron chi connectivity index (χ1n) is 9.17. The number of Topliss-reactive ketones (excluding diaryl/α,β-unsaturated/α-hetero) is 1. The molecule has 0 fully saturated rings. The second-order valence-corrected chi connectivity index (χ2v) is 7.11. The van der Waals surface area contributed by atoms with Gasteiger partial charge in [-0.1, -0.05) is 18.5 Å². The number of ether oxygens (including phenoxy) is 1. The Morgan fingerprint density at radius 3 is 2.43 bits per heavy atom. The van der Waals surface area contributed by atoms with Crippen LogP contribution in [0.25, 0.3) is 0 Å². The maximum Gasteiger partial charge on any atom is 0.328 e. The van der Waals surface area contributed by atoms with Crippen LogP contribution in [0, 0.1) is 13.8 Å². The molecule has 0 spiro atoms. The summed E-state index contributed by atoms with van der Waals surface area (Å²) in [6.45, 7) is 7.87. The number of hydrogen-bond acceptors (Lipinski definition) is 4. The maximum atomic E-state index is 12.4. The van der Waals surface area contributed by atoms with Crippen LogP contribution in [-0.4, -0.2) is 34.9 Å². The highest BCUT2D eigenvalue weighted by molar-refractivity contribution is 6.30. The molecule has 0 aliphatic heterocycles. The summed E-state index contributed by atoms with van der Waals surface area (Å²) < 4.78 is 7.18. The Balaban J connectivity index is 1.92. The van der Waals surface area contributed by atoms with E-state index >= 15 is 0 Å². The van der Waals surface area contributed by atoms with Gasteiger partial charge in [-0.15, -0.1) is 0 Å². The van der Waals surface area contributed by atoms with Gasteiger partial charge in [0, 0.05) is 34.1 Å². The first-order valence-corrected chi connectivity index (χ1v) is 9.55. The largest absolute Gasteiger partial charge is 0.456 e. The molecule has 0 unspecified atom stereocenters. The molecule has 2 rings (SSSR count). The van der Waals surface area contributed by atoms with Gasteiger partial charge in [0.2, 0.25) is 5.78 Å². The van der Waals surface area contributed by atoms with E-state index in [-0.39, 0.29) is 12.4 Å². The molecule has 0 aliphatic carbocycles. The second kappa shape index (κ2) is 9.55. The van der Waals surface area contributed by atoms with Crippen molar-refractivity contribution in [3.63, 3.8) is 0 Å². The van der Waals surface area contributed by atoms with Crippen LogP contribution in [0.15, 0.2) is 30.3 Å². The van der Waals surface area contributed by atoms with Crippen molar-refractivity contribution in [1.29, 1.82) is 0 Å². The molecule has 0 radical (unpaired) electrons. The number of ketones is 1. The molecule has 28 heavy (non-hydrogen) atoms. The molecule has 2 aromatic rings. The van der Waals surface area contributed by atoms with E-state index < -0.39 is 17.9 Å². The minimum Gasteiger partial charge on any atom is -0.456 e. The third-order valence-corrected chi connectivity index (χ3v) is 4.73. The number of aryl methyl sites for hydroxylation is 1. The molecule has 1 aromatic heterocycles. The number of aromatic nitrogens is 1. The molecule has 1 amide bonds. The Labute approximate surface area is 169 Å². The van der Waals surface area contributed by atoms with Crippen LogP contribution in [0.4, 0.5) is 0 Å². The highest BCUT2D eigenvalue weighted by atomic mass is 35.5. The van der Waals surface area contributed by atoms with Gasteiger partial charge in [0.25, 0.3) is 5.91 Å². The normalized spacial score (nSPS) is 11.8. The number of nitrogens with zero attached hydrogens (tertiary/aromatic N) is 1. The summed E-state index contributed by atoms with van der Waals surface area (Å²) in [5, 5.41) is 3.06. The van der Waals surface area contributed by atoms with Gasteiger partial charge in [-0.2, -0.15) is 0 Å². The number of amides is 1. The lowest BCUT2D eigenvalue weighted by Crippen LogP contribution is -2.40. The number of benzene rings is 1.